The Labute approximate surface area is 109 Å². The van der Waals surface area contributed by atoms with E-state index in [1.807, 2.05) is 0 Å². The van der Waals surface area contributed by atoms with Crippen LogP contribution in [0, 0.1) is 0 Å². The van der Waals surface area contributed by atoms with Crippen molar-refractivity contribution < 1.29 is 34.8 Å². The van der Waals surface area contributed by atoms with Gasteiger partial charge in [-0.05, 0) is 0 Å². The van der Waals surface area contributed by atoms with Crippen molar-refractivity contribution in [2.75, 3.05) is 26.2 Å². The van der Waals surface area contributed by atoms with Crippen LogP contribution in [0.15, 0.2) is 0 Å². The zero-order valence-corrected chi connectivity index (χ0v) is 10.3. The van der Waals surface area contributed by atoms with Crippen LogP contribution in [0.2, 0.25) is 0 Å². The highest BCUT2D eigenvalue weighted by Crippen LogP contribution is 2.15. The Morgan fingerprint density at radius 1 is 0.842 bits per heavy atom. The molecular formula is C10H18N2O7. The third-order valence-corrected chi connectivity index (χ3v) is 2.24. The molecule has 0 aromatic carbocycles. The summed E-state index contributed by atoms with van der Waals surface area (Å²) in [6, 6.07) is 0. The first-order chi connectivity index (χ1) is 8.78. The molecule has 0 aromatic heterocycles. The summed E-state index contributed by atoms with van der Waals surface area (Å²) in [6.45, 7) is 4.56. The molecule has 0 aliphatic carbocycles. The lowest BCUT2D eigenvalue weighted by Crippen LogP contribution is -2.42. The smallest absolute Gasteiger partial charge is 0.336 e. The molecule has 9 nitrogen and oxygen atoms in total. The van der Waals surface area contributed by atoms with E-state index in [2.05, 4.69) is 10.6 Å². The van der Waals surface area contributed by atoms with Crippen molar-refractivity contribution >= 4 is 17.9 Å². The van der Waals surface area contributed by atoms with Gasteiger partial charge >= 0.3 is 17.9 Å². The highest BCUT2D eigenvalue weighted by Gasteiger charge is 2.40. The molecule has 1 aliphatic heterocycles. The predicted molar refractivity (Wildman–Crippen MR) is 62.8 cm³/mol. The highest BCUT2D eigenvalue weighted by atomic mass is 16.4. The molecule has 110 valence electrons. The second-order valence-corrected chi connectivity index (χ2v) is 3.98. The monoisotopic (exact) mass is 278 g/mol. The van der Waals surface area contributed by atoms with Crippen molar-refractivity contribution in [3.8, 4) is 0 Å². The molecule has 0 radical (unpaired) electrons. The highest BCUT2D eigenvalue weighted by molar-refractivity contribution is 5.88. The minimum Gasteiger partial charge on any atom is -0.481 e. The number of piperazine rings is 1. The van der Waals surface area contributed by atoms with Crippen LogP contribution in [-0.2, 0) is 14.4 Å². The van der Waals surface area contributed by atoms with Gasteiger partial charge in [0.05, 0.1) is 12.8 Å². The van der Waals surface area contributed by atoms with Gasteiger partial charge in [-0.25, -0.2) is 4.79 Å². The summed E-state index contributed by atoms with van der Waals surface area (Å²) in [5, 5.41) is 40.3. The van der Waals surface area contributed by atoms with Gasteiger partial charge in [0.15, 0.2) is 5.60 Å². The third-order valence-electron chi connectivity index (χ3n) is 2.24. The lowest BCUT2D eigenvalue weighted by molar-refractivity contribution is -0.170. The fraction of sp³-hybridized carbons (Fsp3) is 0.700. The van der Waals surface area contributed by atoms with Gasteiger partial charge in [-0.15, -0.1) is 0 Å². The second-order valence-electron chi connectivity index (χ2n) is 3.98. The van der Waals surface area contributed by atoms with Crippen molar-refractivity contribution in [1.29, 1.82) is 0 Å². The minimum atomic E-state index is -2.74. The topological polar surface area (TPSA) is 156 Å². The molecule has 1 fully saturated rings. The van der Waals surface area contributed by atoms with Crippen molar-refractivity contribution in [3.63, 3.8) is 0 Å². The first-order valence-electron chi connectivity index (χ1n) is 5.59. The average Bonchev–Trinajstić information content (AvgIpc) is 2.29. The number of carbonyl (C=O) groups is 3. The second kappa shape index (κ2) is 8.40. The third kappa shape index (κ3) is 8.08. The normalized spacial score (nSPS) is 15.0. The van der Waals surface area contributed by atoms with Crippen LogP contribution in [0.3, 0.4) is 0 Å². The molecule has 0 amide bonds. The molecule has 1 heterocycles. The number of aliphatic carboxylic acids is 3. The Kier molecular flexibility index (Phi) is 7.65. The van der Waals surface area contributed by atoms with Crippen molar-refractivity contribution in [3.05, 3.63) is 0 Å². The van der Waals surface area contributed by atoms with E-state index in [-0.39, 0.29) is 0 Å². The van der Waals surface area contributed by atoms with E-state index >= 15 is 0 Å². The lowest BCUT2D eigenvalue weighted by Gasteiger charge is -2.18. The Morgan fingerprint density at radius 3 is 1.32 bits per heavy atom. The predicted octanol–water partition coefficient (Wildman–Crippen LogP) is -2.07. The first kappa shape index (κ1) is 17.3. The standard InChI is InChI=1S/C6H8O7.C4H10N2/c7-3(8)1-6(13,5(11)12)2-4(9)10;1-2-6-4-3-5-1/h13H,1-2H2,(H,7,8)(H,9,10)(H,11,12);5-6H,1-4H2. The van der Waals surface area contributed by atoms with Crippen LogP contribution >= 0.6 is 0 Å². The van der Waals surface area contributed by atoms with Crippen LogP contribution in [0.5, 0.6) is 0 Å². The SMILES string of the molecule is C1CNCCN1.O=C(O)CC(O)(CC(=O)O)C(=O)O. The van der Waals surface area contributed by atoms with Gasteiger partial charge in [0.25, 0.3) is 0 Å². The summed E-state index contributed by atoms with van der Waals surface area (Å²) in [5.74, 6) is -5.02. The number of hydrogen-bond donors (Lipinski definition) is 6. The van der Waals surface area contributed by atoms with Gasteiger partial charge in [0.1, 0.15) is 0 Å². The molecule has 1 aliphatic rings. The number of carboxylic acids is 3. The summed E-state index contributed by atoms with van der Waals surface area (Å²) in [4.78, 5) is 30.5. The molecule has 1 rings (SSSR count). The summed E-state index contributed by atoms with van der Waals surface area (Å²) >= 11 is 0. The number of aliphatic hydroxyl groups is 1. The van der Waals surface area contributed by atoms with Crippen LogP contribution in [-0.4, -0.2) is 70.1 Å². The van der Waals surface area contributed by atoms with E-state index in [4.69, 9.17) is 20.4 Å². The molecule has 19 heavy (non-hydrogen) atoms. The van der Waals surface area contributed by atoms with Gasteiger partial charge in [0.2, 0.25) is 0 Å². The number of carboxylic acid groups (broad SMARTS) is 3. The molecule has 9 heteroatoms. The lowest BCUT2D eigenvalue weighted by atomic mass is 9.96. The van der Waals surface area contributed by atoms with Gasteiger partial charge in [-0.1, -0.05) is 0 Å². The average molecular weight is 278 g/mol. The molecule has 0 atom stereocenters. The van der Waals surface area contributed by atoms with Crippen LogP contribution < -0.4 is 10.6 Å². The largest absolute Gasteiger partial charge is 0.481 e. The summed E-state index contributed by atoms with van der Waals surface area (Å²) in [5.41, 5.74) is -2.74. The van der Waals surface area contributed by atoms with Crippen LogP contribution in [0.1, 0.15) is 12.8 Å². The van der Waals surface area contributed by atoms with E-state index in [9.17, 15) is 14.4 Å². The molecule has 6 N–H and O–H groups in total. The van der Waals surface area contributed by atoms with Gasteiger partial charge in [0, 0.05) is 26.2 Å². The van der Waals surface area contributed by atoms with Gasteiger partial charge in [-0.2, -0.15) is 0 Å². The summed E-state index contributed by atoms with van der Waals surface area (Å²) < 4.78 is 0. The summed E-state index contributed by atoms with van der Waals surface area (Å²) in [6.07, 6.45) is -2.29. The maximum Gasteiger partial charge on any atom is 0.336 e. The number of hydrogen-bond acceptors (Lipinski definition) is 6. The Hall–Kier alpha value is -1.71. The number of nitrogens with one attached hydrogen (secondary N) is 2. The zero-order valence-electron chi connectivity index (χ0n) is 10.3. The summed E-state index contributed by atoms with van der Waals surface area (Å²) in [7, 11) is 0. The zero-order chi connectivity index (χ0) is 14.9. The maximum absolute atomic E-state index is 10.3. The van der Waals surface area contributed by atoms with Crippen LogP contribution in [0.25, 0.3) is 0 Å². The quantitative estimate of drug-likeness (QED) is 0.332. The van der Waals surface area contributed by atoms with E-state index < -0.39 is 36.4 Å². The van der Waals surface area contributed by atoms with E-state index in [0.29, 0.717) is 0 Å². The molecule has 1 saturated heterocycles. The first-order valence-corrected chi connectivity index (χ1v) is 5.59. The Bertz CT molecular complexity index is 300. The number of rotatable bonds is 5. The molecule has 0 spiro atoms. The van der Waals surface area contributed by atoms with E-state index in [1.165, 1.54) is 0 Å². The molecule has 0 unspecified atom stereocenters. The fourth-order valence-corrected chi connectivity index (χ4v) is 1.32. The Morgan fingerprint density at radius 2 is 1.16 bits per heavy atom. The van der Waals surface area contributed by atoms with Crippen molar-refractivity contribution in [2.45, 2.75) is 18.4 Å². The minimum absolute atomic E-state index is 1.14. The molecule has 0 bridgehead atoms. The maximum atomic E-state index is 10.3. The molecular weight excluding hydrogens is 260 g/mol. The molecule has 0 aromatic rings. The molecule has 0 saturated carbocycles. The van der Waals surface area contributed by atoms with Gasteiger partial charge in [-0.3, -0.25) is 9.59 Å². The van der Waals surface area contributed by atoms with Crippen molar-refractivity contribution in [2.24, 2.45) is 0 Å². The van der Waals surface area contributed by atoms with Gasteiger partial charge < -0.3 is 31.1 Å². The van der Waals surface area contributed by atoms with E-state index in [0.717, 1.165) is 26.2 Å². The Balaban J connectivity index is 0.000000443. The van der Waals surface area contributed by atoms with E-state index in [1.54, 1.807) is 0 Å². The fourth-order valence-electron chi connectivity index (χ4n) is 1.32. The van der Waals surface area contributed by atoms with Crippen LogP contribution in [0.4, 0.5) is 0 Å². The van der Waals surface area contributed by atoms with Crippen molar-refractivity contribution in [1.82, 2.24) is 10.6 Å².